The number of benzene rings is 1. The van der Waals surface area contributed by atoms with Gasteiger partial charge in [-0.15, -0.1) is 0 Å². The minimum atomic E-state index is -1.08. The maximum atomic E-state index is 14.0. The van der Waals surface area contributed by atoms with Gasteiger partial charge < -0.3 is 14.3 Å². The normalized spacial score (nSPS) is 27.6. The number of fused-ring (bicyclic) bond motifs is 3. The number of nitrogens with one attached hydrogen (secondary N) is 1. The van der Waals surface area contributed by atoms with E-state index in [9.17, 15) is 9.59 Å². The Hall–Kier alpha value is -3.02. The number of hydrogen-bond donors (Lipinski definition) is 1. The van der Waals surface area contributed by atoms with E-state index < -0.39 is 5.54 Å². The van der Waals surface area contributed by atoms with Gasteiger partial charge in [0.2, 0.25) is 5.91 Å². The molecule has 3 heterocycles. The van der Waals surface area contributed by atoms with Crippen LogP contribution in [-0.2, 0) is 11.3 Å². The first-order chi connectivity index (χ1) is 15.7. The summed E-state index contributed by atoms with van der Waals surface area (Å²) in [7, 11) is 0. The topological polar surface area (TPSA) is 67.5 Å². The number of nitrogens with zero attached hydrogens (tertiary/aromatic N) is 2. The molecule has 1 saturated carbocycles. The van der Waals surface area contributed by atoms with Crippen molar-refractivity contribution in [3.05, 3.63) is 53.4 Å². The fraction of sp³-hybridized carbons (Fsp3) is 0.481. The summed E-state index contributed by atoms with van der Waals surface area (Å²) in [5.41, 5.74) is 3.86. The van der Waals surface area contributed by atoms with Gasteiger partial charge in [-0.3, -0.25) is 14.5 Å². The van der Waals surface area contributed by atoms with Crippen molar-refractivity contribution in [2.45, 2.75) is 72.0 Å². The van der Waals surface area contributed by atoms with Crippen molar-refractivity contribution in [1.29, 1.82) is 0 Å². The van der Waals surface area contributed by atoms with Gasteiger partial charge in [0.25, 0.3) is 5.91 Å². The van der Waals surface area contributed by atoms with Crippen molar-refractivity contribution in [2.24, 2.45) is 11.8 Å². The van der Waals surface area contributed by atoms with E-state index in [0.717, 1.165) is 35.2 Å². The third-order valence-corrected chi connectivity index (χ3v) is 7.88. The second-order valence-electron chi connectivity index (χ2n) is 10.4. The first-order valence-corrected chi connectivity index (χ1v) is 12.0. The smallest absolute Gasteiger partial charge is 0.276 e. The van der Waals surface area contributed by atoms with E-state index in [-0.39, 0.29) is 17.9 Å². The molecule has 1 fully saturated rings. The lowest BCUT2D eigenvalue weighted by atomic mass is 9.77. The van der Waals surface area contributed by atoms with E-state index in [1.807, 2.05) is 43.5 Å². The first-order valence-electron chi connectivity index (χ1n) is 12.0. The lowest BCUT2D eigenvalue weighted by molar-refractivity contribution is -0.128. The van der Waals surface area contributed by atoms with Gasteiger partial charge in [-0.1, -0.05) is 32.8 Å². The lowest BCUT2D eigenvalue weighted by Crippen LogP contribution is -2.66. The fourth-order valence-corrected chi connectivity index (χ4v) is 5.81. The summed E-state index contributed by atoms with van der Waals surface area (Å²) < 4.78 is 7.52. The zero-order valence-electron chi connectivity index (χ0n) is 20.1. The molecule has 1 aliphatic carbocycles. The molecule has 0 radical (unpaired) electrons. The number of furan rings is 1. The predicted molar refractivity (Wildman–Crippen MR) is 129 cm³/mol. The van der Waals surface area contributed by atoms with E-state index in [1.165, 1.54) is 6.42 Å². The molecule has 2 aromatic heterocycles. The molecule has 0 unspecified atom stereocenters. The first kappa shape index (κ1) is 21.8. The van der Waals surface area contributed by atoms with Gasteiger partial charge in [0.05, 0.1) is 18.3 Å². The number of hydrogen-bond acceptors (Lipinski definition) is 3. The van der Waals surface area contributed by atoms with Crippen LogP contribution in [-0.4, -0.2) is 28.0 Å². The van der Waals surface area contributed by atoms with Gasteiger partial charge in [0.1, 0.15) is 11.2 Å². The molecule has 2 aliphatic rings. The van der Waals surface area contributed by atoms with Crippen molar-refractivity contribution in [3.8, 4) is 0 Å². The van der Waals surface area contributed by atoms with Crippen molar-refractivity contribution < 1.29 is 14.0 Å². The average molecular weight is 448 g/mol. The van der Waals surface area contributed by atoms with Gasteiger partial charge in [-0.25, -0.2) is 0 Å². The van der Waals surface area contributed by atoms with E-state index in [4.69, 9.17) is 4.42 Å². The van der Waals surface area contributed by atoms with Crippen molar-refractivity contribution >= 4 is 28.6 Å². The van der Waals surface area contributed by atoms with Crippen LogP contribution in [0, 0.1) is 25.7 Å². The highest BCUT2D eigenvalue weighted by atomic mass is 16.3. The quantitative estimate of drug-likeness (QED) is 0.599. The van der Waals surface area contributed by atoms with Gasteiger partial charge in [0, 0.05) is 23.9 Å². The molecule has 2 amide bonds. The number of aromatic nitrogens is 1. The van der Waals surface area contributed by atoms with Gasteiger partial charge in [0.15, 0.2) is 5.58 Å². The summed E-state index contributed by atoms with van der Waals surface area (Å²) in [5, 5.41) is 3.35. The molecule has 33 heavy (non-hydrogen) atoms. The van der Waals surface area contributed by atoms with Crippen LogP contribution >= 0.6 is 0 Å². The van der Waals surface area contributed by atoms with Crippen LogP contribution in [0.25, 0.3) is 11.1 Å². The van der Waals surface area contributed by atoms with Crippen LogP contribution in [0.15, 0.2) is 41.0 Å². The minimum absolute atomic E-state index is 0.100. The van der Waals surface area contributed by atoms with Crippen LogP contribution in [0.2, 0.25) is 0 Å². The number of anilines is 1. The van der Waals surface area contributed by atoms with Crippen molar-refractivity contribution in [2.75, 3.05) is 4.90 Å². The second-order valence-corrected chi connectivity index (χ2v) is 10.4. The van der Waals surface area contributed by atoms with Crippen LogP contribution in [0.4, 0.5) is 5.69 Å². The fourth-order valence-electron chi connectivity index (χ4n) is 5.81. The number of carbonyl (C=O) groups excluding carboxylic acids is 2. The molecule has 174 valence electrons. The standard InChI is InChI=1S/C27H33N3O3/c1-16-11-17(2)13-20(12-16)30-25(31)23-14-24-22(9-10-33-24)29(23)15-27(30,5)26(32)28-21-8-6-7-18(3)19(21)4/h9-14,18-19,21H,6-8,15H2,1-5H3,(H,28,32)/t18-,19-,21+,27+/m0/s1. The van der Waals surface area contributed by atoms with Crippen molar-refractivity contribution in [1.82, 2.24) is 9.88 Å². The Morgan fingerprint density at radius 3 is 2.58 bits per heavy atom. The Morgan fingerprint density at radius 2 is 1.85 bits per heavy atom. The Kier molecular flexibility index (Phi) is 5.15. The number of rotatable bonds is 3. The molecule has 0 bridgehead atoms. The Labute approximate surface area is 194 Å². The van der Waals surface area contributed by atoms with E-state index in [1.54, 1.807) is 17.2 Å². The third-order valence-electron chi connectivity index (χ3n) is 7.88. The van der Waals surface area contributed by atoms with Crippen molar-refractivity contribution in [3.63, 3.8) is 0 Å². The summed E-state index contributed by atoms with van der Waals surface area (Å²) in [4.78, 5) is 29.6. The average Bonchev–Trinajstić information content (AvgIpc) is 3.33. The summed E-state index contributed by atoms with van der Waals surface area (Å²) in [6.45, 7) is 10.8. The molecule has 0 spiro atoms. The highest BCUT2D eigenvalue weighted by Crippen LogP contribution is 2.38. The number of aryl methyl sites for hydroxylation is 2. The Balaban J connectivity index is 1.60. The van der Waals surface area contributed by atoms with E-state index >= 15 is 0 Å². The molecule has 1 N–H and O–H groups in total. The van der Waals surface area contributed by atoms with Crippen LogP contribution < -0.4 is 10.2 Å². The van der Waals surface area contributed by atoms with E-state index in [2.05, 4.69) is 25.2 Å². The zero-order valence-corrected chi connectivity index (χ0v) is 20.1. The largest absolute Gasteiger partial charge is 0.463 e. The Bertz CT molecular complexity index is 1220. The maximum absolute atomic E-state index is 14.0. The SMILES string of the molecule is Cc1cc(C)cc(N2C(=O)c3cc4occc4n3C[C@]2(C)C(=O)N[C@@H]2CCC[C@H](C)[C@@H]2C)c1. The molecule has 3 aromatic rings. The maximum Gasteiger partial charge on any atom is 0.276 e. The molecule has 0 saturated heterocycles. The van der Waals surface area contributed by atoms with Gasteiger partial charge >= 0.3 is 0 Å². The number of carbonyl (C=O) groups is 2. The monoisotopic (exact) mass is 447 g/mol. The van der Waals surface area contributed by atoms with Crippen LogP contribution in [0.5, 0.6) is 0 Å². The van der Waals surface area contributed by atoms with Gasteiger partial charge in [-0.2, -0.15) is 0 Å². The summed E-state index contributed by atoms with van der Waals surface area (Å²) in [6, 6.07) is 9.83. The highest BCUT2D eigenvalue weighted by molar-refractivity contribution is 6.13. The molecular weight excluding hydrogens is 414 g/mol. The molecule has 1 aromatic carbocycles. The van der Waals surface area contributed by atoms with Crippen LogP contribution in [0.1, 0.15) is 61.6 Å². The predicted octanol–water partition coefficient (Wildman–Crippen LogP) is 5.21. The molecule has 5 rings (SSSR count). The molecule has 6 nitrogen and oxygen atoms in total. The molecule has 6 heteroatoms. The molecular formula is C27H33N3O3. The van der Waals surface area contributed by atoms with Crippen LogP contribution in [0.3, 0.4) is 0 Å². The second kappa shape index (κ2) is 7.79. The third kappa shape index (κ3) is 3.47. The summed E-state index contributed by atoms with van der Waals surface area (Å²) in [6.07, 6.45) is 4.92. The van der Waals surface area contributed by atoms with E-state index in [0.29, 0.717) is 29.7 Å². The Morgan fingerprint density at radius 1 is 1.12 bits per heavy atom. The highest BCUT2D eigenvalue weighted by Gasteiger charge is 2.49. The summed E-state index contributed by atoms with van der Waals surface area (Å²) >= 11 is 0. The van der Waals surface area contributed by atoms with Gasteiger partial charge in [-0.05, 0) is 62.3 Å². The molecule has 4 atom stereocenters. The molecule has 1 aliphatic heterocycles. The minimum Gasteiger partial charge on any atom is -0.463 e. The lowest BCUT2D eigenvalue weighted by Gasteiger charge is -2.45. The zero-order chi connectivity index (χ0) is 23.5. The summed E-state index contributed by atoms with van der Waals surface area (Å²) in [5.74, 6) is 0.697. The number of amides is 2.